The van der Waals surface area contributed by atoms with E-state index in [1.807, 2.05) is 24.3 Å². The molecule has 3 aliphatic rings. The minimum Gasteiger partial charge on any atom is -0.478 e. The second-order valence-corrected chi connectivity index (χ2v) is 10.6. The molecule has 1 aliphatic carbocycles. The van der Waals surface area contributed by atoms with Gasteiger partial charge in [-0.2, -0.15) is 0 Å². The first-order chi connectivity index (χ1) is 17.0. The molecule has 2 aliphatic heterocycles. The molecule has 182 valence electrons. The molecular weight excluding hydrogens is 438 g/mol. The van der Waals surface area contributed by atoms with Gasteiger partial charge in [0.25, 0.3) is 0 Å². The van der Waals surface area contributed by atoms with E-state index in [9.17, 15) is 14.7 Å². The predicted octanol–water partition coefficient (Wildman–Crippen LogP) is 4.97. The van der Waals surface area contributed by atoms with Gasteiger partial charge in [-0.1, -0.05) is 55.7 Å². The maximum absolute atomic E-state index is 13.7. The molecule has 1 N–H and O–H groups in total. The Balaban J connectivity index is 1.51. The van der Waals surface area contributed by atoms with Crippen LogP contribution in [0.1, 0.15) is 60.4 Å². The number of amides is 1. The van der Waals surface area contributed by atoms with Crippen molar-refractivity contribution in [3.63, 3.8) is 0 Å². The number of carbonyl (C=O) groups is 2. The van der Waals surface area contributed by atoms with Gasteiger partial charge in [-0.3, -0.25) is 9.69 Å². The van der Waals surface area contributed by atoms with Crippen LogP contribution < -0.4 is 0 Å². The van der Waals surface area contributed by atoms with E-state index in [2.05, 4.69) is 33.5 Å². The van der Waals surface area contributed by atoms with Crippen molar-refractivity contribution in [2.24, 2.45) is 0 Å². The maximum Gasteiger partial charge on any atom is 0.335 e. The smallest absolute Gasteiger partial charge is 0.335 e. The van der Waals surface area contributed by atoms with Crippen molar-refractivity contribution < 1.29 is 14.7 Å². The number of fused-ring (bicyclic) bond motifs is 3. The average Bonchev–Trinajstić information content (AvgIpc) is 3.55. The zero-order valence-corrected chi connectivity index (χ0v) is 20.3. The first-order valence-electron chi connectivity index (χ1n) is 13.0. The summed E-state index contributed by atoms with van der Waals surface area (Å²) in [6, 6.07) is 16.5. The van der Waals surface area contributed by atoms with Gasteiger partial charge in [0.15, 0.2) is 0 Å². The van der Waals surface area contributed by atoms with E-state index in [4.69, 9.17) is 0 Å². The lowest BCUT2D eigenvalue weighted by Gasteiger charge is -2.32. The van der Waals surface area contributed by atoms with Gasteiger partial charge in [0.2, 0.25) is 5.91 Å². The van der Waals surface area contributed by atoms with Crippen LogP contribution in [0.2, 0.25) is 0 Å². The number of likely N-dealkylation sites (N-methyl/N-ethyl adjacent to an activating group) is 1. The Labute approximate surface area is 206 Å². The topological polar surface area (TPSA) is 65.8 Å². The van der Waals surface area contributed by atoms with E-state index in [0.29, 0.717) is 12.0 Å². The summed E-state index contributed by atoms with van der Waals surface area (Å²) in [5, 5.41) is 10.8. The van der Waals surface area contributed by atoms with Crippen LogP contribution in [0, 0.1) is 0 Å². The highest BCUT2D eigenvalue weighted by atomic mass is 16.4. The predicted molar refractivity (Wildman–Crippen MR) is 137 cm³/mol. The highest BCUT2D eigenvalue weighted by molar-refractivity contribution is 5.99. The van der Waals surface area contributed by atoms with Crippen molar-refractivity contribution in [2.75, 3.05) is 20.1 Å². The average molecular weight is 472 g/mol. The lowest BCUT2D eigenvalue weighted by atomic mass is 9.82. The Kier molecular flexibility index (Phi) is 5.64. The fourth-order valence-electron chi connectivity index (χ4n) is 6.78. The largest absolute Gasteiger partial charge is 0.478 e. The van der Waals surface area contributed by atoms with Crippen molar-refractivity contribution in [1.82, 2.24) is 14.4 Å². The molecule has 0 radical (unpaired) electrons. The van der Waals surface area contributed by atoms with Crippen LogP contribution in [0.15, 0.2) is 48.5 Å². The number of hydrogen-bond acceptors (Lipinski definition) is 3. The molecule has 1 aromatic heterocycles. The molecule has 2 aromatic carbocycles. The highest BCUT2D eigenvalue weighted by Gasteiger charge is 2.43. The number of piperazine rings is 1. The minimum absolute atomic E-state index is 0.135. The number of aromatic nitrogens is 1. The molecule has 3 aromatic rings. The second-order valence-electron chi connectivity index (χ2n) is 10.6. The molecule has 6 rings (SSSR count). The van der Waals surface area contributed by atoms with Gasteiger partial charge >= 0.3 is 5.97 Å². The lowest BCUT2D eigenvalue weighted by molar-refractivity contribution is -0.133. The van der Waals surface area contributed by atoms with Crippen molar-refractivity contribution in [3.8, 4) is 11.3 Å². The number of benzene rings is 2. The van der Waals surface area contributed by atoms with Crippen molar-refractivity contribution in [2.45, 2.75) is 63.1 Å². The quantitative estimate of drug-likeness (QED) is 0.571. The van der Waals surface area contributed by atoms with Crippen LogP contribution in [0.4, 0.5) is 0 Å². The van der Waals surface area contributed by atoms with Crippen molar-refractivity contribution >= 4 is 22.8 Å². The van der Waals surface area contributed by atoms with Crippen LogP contribution in [-0.4, -0.2) is 63.6 Å². The Morgan fingerprint density at radius 3 is 2.40 bits per heavy atom. The summed E-state index contributed by atoms with van der Waals surface area (Å²) in [5.74, 6) is -0.383. The van der Waals surface area contributed by atoms with E-state index in [-0.39, 0.29) is 24.1 Å². The first kappa shape index (κ1) is 22.4. The third-order valence-corrected chi connectivity index (χ3v) is 8.54. The highest BCUT2D eigenvalue weighted by Crippen LogP contribution is 2.44. The maximum atomic E-state index is 13.7. The second kappa shape index (κ2) is 8.83. The van der Waals surface area contributed by atoms with Crippen LogP contribution in [-0.2, 0) is 11.3 Å². The van der Waals surface area contributed by atoms with E-state index in [0.717, 1.165) is 54.5 Å². The van der Waals surface area contributed by atoms with Gasteiger partial charge in [0.1, 0.15) is 6.54 Å². The van der Waals surface area contributed by atoms with E-state index in [1.54, 1.807) is 12.1 Å². The Morgan fingerprint density at radius 1 is 0.971 bits per heavy atom. The normalized spacial score (nSPS) is 22.8. The molecule has 0 spiro atoms. The van der Waals surface area contributed by atoms with Gasteiger partial charge in [0, 0.05) is 30.6 Å². The van der Waals surface area contributed by atoms with Crippen LogP contribution in [0.5, 0.6) is 0 Å². The Morgan fingerprint density at radius 2 is 1.74 bits per heavy atom. The monoisotopic (exact) mass is 471 g/mol. The summed E-state index contributed by atoms with van der Waals surface area (Å²) < 4.78 is 2.12. The van der Waals surface area contributed by atoms with Crippen molar-refractivity contribution in [1.29, 1.82) is 0 Å². The zero-order valence-electron chi connectivity index (χ0n) is 20.3. The lowest BCUT2D eigenvalue weighted by Crippen LogP contribution is -2.48. The van der Waals surface area contributed by atoms with Gasteiger partial charge in [-0.25, -0.2) is 4.79 Å². The Hall–Kier alpha value is -3.12. The summed E-state index contributed by atoms with van der Waals surface area (Å²) in [6.45, 7) is 1.96. The fourth-order valence-corrected chi connectivity index (χ4v) is 6.78. The number of likely N-dealkylation sites (tertiary alicyclic amines) is 2. The van der Waals surface area contributed by atoms with Gasteiger partial charge in [0.05, 0.1) is 16.8 Å². The summed E-state index contributed by atoms with van der Waals surface area (Å²) in [5.41, 5.74) is 4.60. The molecule has 3 fully saturated rings. The SMILES string of the molecule is CN1C[C@@H]2C[C@H]1CN2C(=O)Cn1c(-c2ccccc2)c(C2CCCCC2)c2ccc(C(=O)O)cc21. The molecule has 6 nitrogen and oxygen atoms in total. The standard InChI is InChI=1S/C29H33N3O3/c1-30-16-23-15-22(30)17-31(23)26(33)18-32-25-14-21(29(34)35)12-13-24(25)27(19-8-4-2-5-9-19)28(32)20-10-6-3-7-11-20/h3,6-7,10-14,19,22-23H,2,4-5,8-9,15-18H2,1H3,(H,34,35)/t22-,23-/m0/s1. The molecule has 2 atom stereocenters. The van der Waals surface area contributed by atoms with Crippen LogP contribution in [0.3, 0.4) is 0 Å². The first-order valence-corrected chi connectivity index (χ1v) is 13.0. The summed E-state index contributed by atoms with van der Waals surface area (Å²) in [4.78, 5) is 30.0. The third kappa shape index (κ3) is 3.84. The minimum atomic E-state index is -0.939. The number of hydrogen-bond donors (Lipinski definition) is 1. The van der Waals surface area contributed by atoms with Gasteiger partial charge in [-0.15, -0.1) is 0 Å². The van der Waals surface area contributed by atoms with E-state index >= 15 is 0 Å². The molecule has 6 heteroatoms. The van der Waals surface area contributed by atoms with Gasteiger partial charge in [-0.05, 0) is 55.5 Å². The Bertz CT molecular complexity index is 1270. The molecular formula is C29H33N3O3. The van der Waals surface area contributed by atoms with E-state index in [1.165, 1.54) is 24.8 Å². The van der Waals surface area contributed by atoms with Crippen molar-refractivity contribution in [3.05, 3.63) is 59.7 Å². The molecule has 3 heterocycles. The number of aromatic carboxylic acids is 1. The fraction of sp³-hybridized carbons (Fsp3) is 0.448. The number of carboxylic acids is 1. The summed E-state index contributed by atoms with van der Waals surface area (Å²) in [6.07, 6.45) is 7.01. The number of carbonyl (C=O) groups excluding carboxylic acids is 1. The molecule has 0 unspecified atom stereocenters. The molecule has 1 saturated carbocycles. The summed E-state index contributed by atoms with van der Waals surface area (Å²) >= 11 is 0. The molecule has 2 saturated heterocycles. The zero-order chi connectivity index (χ0) is 24.1. The number of rotatable bonds is 5. The molecule has 35 heavy (non-hydrogen) atoms. The molecule has 1 amide bonds. The van der Waals surface area contributed by atoms with Crippen LogP contribution in [0.25, 0.3) is 22.2 Å². The number of carboxylic acid groups (broad SMARTS) is 1. The molecule has 2 bridgehead atoms. The third-order valence-electron chi connectivity index (χ3n) is 8.54. The van der Waals surface area contributed by atoms with E-state index < -0.39 is 5.97 Å². The van der Waals surface area contributed by atoms with Gasteiger partial charge < -0.3 is 14.6 Å². The van der Waals surface area contributed by atoms with Crippen LogP contribution >= 0.6 is 0 Å². The number of nitrogens with zero attached hydrogens (tertiary/aromatic N) is 3. The summed E-state index contributed by atoms with van der Waals surface area (Å²) in [7, 11) is 2.14.